The highest BCUT2D eigenvalue weighted by Gasteiger charge is 2.17. The molecule has 1 heteroatoms. The predicted octanol–water partition coefficient (Wildman–Crippen LogP) is 14.6. The number of nitrogens with zero attached hydrogens (tertiary/aromatic N) is 1. The van der Waals surface area contributed by atoms with Crippen LogP contribution < -0.4 is 20.9 Å². The van der Waals surface area contributed by atoms with Gasteiger partial charge >= 0.3 is 0 Å². The van der Waals surface area contributed by atoms with E-state index in [9.17, 15) is 0 Å². The molecule has 1 heterocycles. The van der Waals surface area contributed by atoms with Gasteiger partial charge in [-0.05, 0) is 82.5 Å². The Morgan fingerprint density at radius 1 is 0.367 bits per heavy atom. The van der Waals surface area contributed by atoms with Crippen LogP contribution in [0.4, 0.5) is 0 Å². The maximum absolute atomic E-state index is 4.04. The van der Waals surface area contributed by atoms with Crippen LogP contribution in [0.5, 0.6) is 0 Å². The maximum atomic E-state index is 4.04. The van der Waals surface area contributed by atoms with Gasteiger partial charge in [0.2, 0.25) is 0 Å². The third kappa shape index (κ3) is 15.2. The molecule has 0 fully saturated rings. The van der Waals surface area contributed by atoms with Gasteiger partial charge < -0.3 is 4.57 Å². The van der Waals surface area contributed by atoms with E-state index in [0.29, 0.717) is 0 Å². The van der Waals surface area contributed by atoms with Crippen molar-refractivity contribution in [3.63, 3.8) is 0 Å². The molecule has 0 spiro atoms. The van der Waals surface area contributed by atoms with Crippen molar-refractivity contribution in [1.82, 2.24) is 4.57 Å². The highest BCUT2D eigenvalue weighted by Crippen LogP contribution is 2.33. The summed E-state index contributed by atoms with van der Waals surface area (Å²) in [5, 5.41) is 5.81. The molecule has 0 saturated carbocycles. The van der Waals surface area contributed by atoms with Crippen LogP contribution >= 0.6 is 0 Å². The van der Waals surface area contributed by atoms with Crippen molar-refractivity contribution >= 4 is 35.2 Å². The molecule has 6 aromatic carbocycles. The Balaban J connectivity index is 0.000000937. The monoisotopic (exact) mass is 802 g/mol. The first kappa shape index (κ1) is 54.3. The van der Waals surface area contributed by atoms with E-state index < -0.39 is 0 Å². The normalized spacial score (nSPS) is 9.22. The molecule has 1 nitrogen and oxygen atoms in total. The molecule has 0 amide bonds. The third-order valence-electron chi connectivity index (χ3n) is 9.16. The second-order valence-corrected chi connectivity index (χ2v) is 12.8. The molecule has 0 aliphatic rings. The minimum atomic E-state index is 1.03. The van der Waals surface area contributed by atoms with Gasteiger partial charge in [-0.3, -0.25) is 0 Å². The number of rotatable bonds is 4. The highest BCUT2D eigenvalue weighted by atomic mass is 14.9. The molecule has 0 aliphatic heterocycles. The van der Waals surface area contributed by atoms with E-state index >= 15 is 0 Å². The Labute approximate surface area is 367 Å². The van der Waals surface area contributed by atoms with Crippen molar-refractivity contribution in [3.05, 3.63) is 211 Å². The van der Waals surface area contributed by atoms with Gasteiger partial charge in [-0.15, -0.1) is 0 Å². The van der Waals surface area contributed by atoms with Gasteiger partial charge in [-0.1, -0.05) is 252 Å². The SMILES string of the molecule is C=c1ccc(=C(c2ccc(C)cc2)c2c(C)n(C)c3ccccc23)cc1.C=c1ccc(=C(c2ccc(C)cc2)c2ccc(C)cc2)cc1.CC.CC.CC.CC.CC.CC. The molecule has 0 saturated heterocycles. The van der Waals surface area contributed by atoms with Crippen molar-refractivity contribution < 1.29 is 0 Å². The molecule has 0 radical (unpaired) electrons. The number of benzene rings is 6. The molecule has 0 atom stereocenters. The van der Waals surface area contributed by atoms with E-state index in [4.69, 9.17) is 0 Å². The summed E-state index contributed by atoms with van der Waals surface area (Å²) in [6.45, 7) is 40.6. The van der Waals surface area contributed by atoms with Gasteiger partial charge in [0.25, 0.3) is 0 Å². The average molecular weight is 802 g/mol. The lowest BCUT2D eigenvalue weighted by atomic mass is 9.92. The Morgan fingerprint density at radius 3 is 1.02 bits per heavy atom. The molecular weight excluding hydrogens is 723 g/mol. The Bertz CT molecular complexity index is 2350. The average Bonchev–Trinajstić information content (AvgIpc) is 3.56. The van der Waals surface area contributed by atoms with E-state index in [1.807, 2.05) is 83.1 Å². The van der Waals surface area contributed by atoms with Crippen LogP contribution in [-0.2, 0) is 7.05 Å². The van der Waals surface area contributed by atoms with E-state index in [0.717, 1.165) is 10.4 Å². The summed E-state index contributed by atoms with van der Waals surface area (Å²) in [5.74, 6) is 0. The fraction of sp³-hybridized carbons (Fsp3) is 0.288. The summed E-state index contributed by atoms with van der Waals surface area (Å²) in [7, 11) is 2.15. The van der Waals surface area contributed by atoms with Gasteiger partial charge in [0.1, 0.15) is 0 Å². The van der Waals surface area contributed by atoms with Crippen molar-refractivity contribution in [2.75, 3.05) is 0 Å². The molecule has 0 N–H and O–H groups in total. The molecule has 0 aliphatic carbocycles. The molecule has 7 aromatic rings. The van der Waals surface area contributed by atoms with Crippen molar-refractivity contribution in [2.24, 2.45) is 7.05 Å². The lowest BCUT2D eigenvalue weighted by Crippen LogP contribution is -2.12. The van der Waals surface area contributed by atoms with Crippen molar-refractivity contribution in [2.45, 2.75) is 111 Å². The first-order valence-corrected chi connectivity index (χ1v) is 22.5. The summed E-state index contributed by atoms with van der Waals surface area (Å²) in [6, 6.07) is 51.9. The van der Waals surface area contributed by atoms with E-state index in [1.165, 1.54) is 77.1 Å². The second kappa shape index (κ2) is 30.4. The summed E-state index contributed by atoms with van der Waals surface area (Å²) >= 11 is 0. The van der Waals surface area contributed by atoms with Crippen LogP contribution in [0.1, 0.15) is 128 Å². The molecule has 0 unspecified atom stereocenters. The Hall–Kier alpha value is -5.66. The fourth-order valence-corrected chi connectivity index (χ4v) is 6.30. The first-order valence-electron chi connectivity index (χ1n) is 22.5. The lowest BCUT2D eigenvalue weighted by molar-refractivity contribution is 0.915. The van der Waals surface area contributed by atoms with Crippen LogP contribution in [0.3, 0.4) is 0 Å². The first-order chi connectivity index (χ1) is 29.2. The predicted molar refractivity (Wildman–Crippen MR) is 275 cm³/mol. The van der Waals surface area contributed by atoms with Crippen LogP contribution in [0, 0.1) is 27.7 Å². The molecule has 0 bridgehead atoms. The maximum Gasteiger partial charge on any atom is 0.0486 e. The van der Waals surface area contributed by atoms with Gasteiger partial charge in [-0.25, -0.2) is 0 Å². The smallest absolute Gasteiger partial charge is 0.0486 e. The summed E-state index contributed by atoms with van der Waals surface area (Å²) < 4.78 is 2.29. The molecule has 320 valence electrons. The number of aryl methyl sites for hydroxylation is 4. The minimum absolute atomic E-state index is 1.03. The van der Waals surface area contributed by atoms with E-state index in [2.05, 4.69) is 198 Å². The zero-order valence-electron chi connectivity index (χ0n) is 40.7. The van der Waals surface area contributed by atoms with Crippen LogP contribution in [0.15, 0.2) is 146 Å². The van der Waals surface area contributed by atoms with Crippen LogP contribution in [0.25, 0.3) is 35.2 Å². The van der Waals surface area contributed by atoms with Gasteiger partial charge in [0.05, 0.1) is 0 Å². The van der Waals surface area contributed by atoms with E-state index in [1.54, 1.807) is 0 Å². The standard InChI is InChI=1S/C25H23N.C22H20.6C2H6/c1-17-9-13-20(14-10-17)25(21-15-11-18(2)12-16-21)24-19(3)26(4)23-8-6-5-7-22(23)24;1-16-4-10-19(11-5-16)22(20-12-6-17(2)7-13-20)21-14-8-18(3)9-15-21;6*1-2/h5-16H,1H2,2-4H3;4-15H,1H2,2-3H3;6*1-2H3. The number of para-hydroxylation sites is 1. The topological polar surface area (TPSA) is 4.93 Å². The van der Waals surface area contributed by atoms with Gasteiger partial charge in [0.15, 0.2) is 0 Å². The Kier molecular flexibility index (Phi) is 27.5. The third-order valence-corrected chi connectivity index (χ3v) is 9.16. The number of hydrogen-bond acceptors (Lipinski definition) is 0. The zero-order chi connectivity index (χ0) is 45.8. The Morgan fingerprint density at radius 2 is 0.667 bits per heavy atom. The van der Waals surface area contributed by atoms with Crippen molar-refractivity contribution in [1.29, 1.82) is 0 Å². The summed E-state index contributed by atoms with van der Waals surface area (Å²) in [5.41, 5.74) is 13.9. The fourth-order valence-electron chi connectivity index (χ4n) is 6.30. The van der Waals surface area contributed by atoms with Crippen LogP contribution in [-0.4, -0.2) is 4.57 Å². The van der Waals surface area contributed by atoms with Crippen molar-refractivity contribution in [3.8, 4) is 0 Å². The molecule has 7 rings (SSSR count). The minimum Gasteiger partial charge on any atom is -0.347 e. The number of fused-ring (bicyclic) bond motifs is 1. The summed E-state index contributed by atoms with van der Waals surface area (Å²) in [6.07, 6.45) is 0. The highest BCUT2D eigenvalue weighted by molar-refractivity contribution is 5.98. The molecular formula is C59H79N. The van der Waals surface area contributed by atoms with Gasteiger partial charge in [-0.2, -0.15) is 0 Å². The summed E-state index contributed by atoms with van der Waals surface area (Å²) in [4.78, 5) is 0. The largest absolute Gasteiger partial charge is 0.347 e. The molecule has 1 aromatic heterocycles. The lowest BCUT2D eigenvalue weighted by Gasteiger charge is -2.11. The quantitative estimate of drug-likeness (QED) is 0.167. The number of hydrogen-bond donors (Lipinski definition) is 0. The zero-order valence-corrected chi connectivity index (χ0v) is 40.7. The second-order valence-electron chi connectivity index (χ2n) is 12.8. The molecule has 60 heavy (non-hydrogen) atoms. The van der Waals surface area contributed by atoms with Crippen LogP contribution in [0.2, 0.25) is 0 Å². The van der Waals surface area contributed by atoms with Gasteiger partial charge in [0, 0.05) is 29.2 Å². The van der Waals surface area contributed by atoms with E-state index in [-0.39, 0.29) is 0 Å². The number of aromatic nitrogens is 1.